The van der Waals surface area contributed by atoms with Crippen LogP contribution in [0.4, 0.5) is 5.69 Å². The molecule has 0 radical (unpaired) electrons. The summed E-state index contributed by atoms with van der Waals surface area (Å²) in [5, 5.41) is 11.8. The van der Waals surface area contributed by atoms with Gasteiger partial charge in [-0.05, 0) is 24.3 Å². The van der Waals surface area contributed by atoms with Crippen molar-refractivity contribution in [2.75, 3.05) is 26.4 Å². The van der Waals surface area contributed by atoms with Crippen molar-refractivity contribution in [3.05, 3.63) is 57.1 Å². The first-order valence-electron chi connectivity index (χ1n) is 7.68. The van der Waals surface area contributed by atoms with Crippen molar-refractivity contribution >= 4 is 23.3 Å². The number of hydrogen-bond acceptors (Lipinski definition) is 7. The van der Waals surface area contributed by atoms with E-state index in [0.29, 0.717) is 17.4 Å². The van der Waals surface area contributed by atoms with Crippen LogP contribution in [0.25, 0.3) is 0 Å². The summed E-state index contributed by atoms with van der Waals surface area (Å²) >= 11 is 5.77. The molecule has 3 rings (SSSR count). The van der Waals surface area contributed by atoms with Gasteiger partial charge in [0.05, 0.1) is 11.0 Å². The molecule has 0 aliphatic carbocycles. The van der Waals surface area contributed by atoms with Crippen LogP contribution in [0.15, 0.2) is 36.4 Å². The molecule has 9 heteroatoms. The molecular weight excluding hydrogens is 366 g/mol. The molecule has 2 aromatic carbocycles. The van der Waals surface area contributed by atoms with E-state index in [4.69, 9.17) is 30.5 Å². The van der Waals surface area contributed by atoms with E-state index in [9.17, 15) is 14.9 Å². The lowest BCUT2D eigenvalue weighted by molar-refractivity contribution is -0.385. The Kier molecular flexibility index (Phi) is 5.43. The number of carbonyl (C=O) groups is 1. The van der Waals surface area contributed by atoms with E-state index in [1.54, 1.807) is 24.3 Å². The lowest BCUT2D eigenvalue weighted by Crippen LogP contribution is -2.18. The van der Waals surface area contributed by atoms with Gasteiger partial charge in [-0.1, -0.05) is 11.6 Å². The molecule has 0 saturated carbocycles. The first kappa shape index (κ1) is 17.8. The number of nitro groups is 1. The molecule has 1 aliphatic rings. The molecule has 26 heavy (non-hydrogen) atoms. The molecule has 136 valence electrons. The fraction of sp³-hybridized carbons (Fsp3) is 0.235. The third-order valence-electron chi connectivity index (χ3n) is 3.48. The Morgan fingerprint density at radius 1 is 1.12 bits per heavy atom. The second kappa shape index (κ2) is 7.92. The second-order valence-electron chi connectivity index (χ2n) is 5.21. The molecule has 0 spiro atoms. The predicted octanol–water partition coefficient (Wildman–Crippen LogP) is 3.26. The molecule has 2 aromatic rings. The van der Waals surface area contributed by atoms with Crippen molar-refractivity contribution in [2.45, 2.75) is 0 Å². The molecule has 0 N–H and O–H groups in total. The minimum Gasteiger partial charge on any atom is -0.490 e. The first-order valence-corrected chi connectivity index (χ1v) is 8.06. The number of fused-ring (bicyclic) bond motifs is 1. The van der Waals surface area contributed by atoms with Crippen LogP contribution in [0.1, 0.15) is 10.4 Å². The molecule has 1 heterocycles. The topological polar surface area (TPSA) is 97.1 Å². The number of esters is 1. The quantitative estimate of drug-likeness (QED) is 0.329. The summed E-state index contributed by atoms with van der Waals surface area (Å²) in [6, 6.07) is 9.11. The van der Waals surface area contributed by atoms with E-state index >= 15 is 0 Å². The number of hydrogen-bond donors (Lipinski definition) is 0. The number of ether oxygens (including phenoxy) is 4. The lowest BCUT2D eigenvalue weighted by atomic mass is 10.1. The number of rotatable bonds is 6. The van der Waals surface area contributed by atoms with E-state index < -0.39 is 16.6 Å². The van der Waals surface area contributed by atoms with Gasteiger partial charge in [-0.3, -0.25) is 10.1 Å². The fourth-order valence-electron chi connectivity index (χ4n) is 2.30. The molecule has 0 bridgehead atoms. The monoisotopic (exact) mass is 379 g/mol. The van der Waals surface area contributed by atoms with E-state index in [0.717, 1.165) is 6.07 Å². The van der Waals surface area contributed by atoms with Gasteiger partial charge in [-0.25, -0.2) is 4.79 Å². The van der Waals surface area contributed by atoms with E-state index in [2.05, 4.69) is 0 Å². The maximum Gasteiger partial charge on any atom is 0.345 e. The molecule has 0 atom stereocenters. The van der Waals surface area contributed by atoms with Crippen LogP contribution < -0.4 is 14.2 Å². The largest absolute Gasteiger partial charge is 0.490 e. The van der Waals surface area contributed by atoms with Crippen LogP contribution in [-0.4, -0.2) is 37.3 Å². The zero-order valence-electron chi connectivity index (χ0n) is 13.5. The zero-order valence-corrected chi connectivity index (χ0v) is 14.2. The van der Waals surface area contributed by atoms with Crippen molar-refractivity contribution in [3.63, 3.8) is 0 Å². The van der Waals surface area contributed by atoms with Gasteiger partial charge in [0.1, 0.15) is 37.7 Å². The second-order valence-corrected chi connectivity index (χ2v) is 5.64. The van der Waals surface area contributed by atoms with Gasteiger partial charge < -0.3 is 18.9 Å². The molecule has 0 fully saturated rings. The smallest absolute Gasteiger partial charge is 0.345 e. The Hall–Kier alpha value is -3.00. The average molecular weight is 380 g/mol. The molecule has 0 amide bonds. The van der Waals surface area contributed by atoms with E-state index in [-0.39, 0.29) is 36.9 Å². The summed E-state index contributed by atoms with van der Waals surface area (Å²) in [4.78, 5) is 22.8. The minimum absolute atomic E-state index is 0.0763. The van der Waals surface area contributed by atoms with Gasteiger partial charge in [0.15, 0.2) is 11.5 Å². The Morgan fingerprint density at radius 3 is 2.42 bits per heavy atom. The van der Waals surface area contributed by atoms with Crippen molar-refractivity contribution in [1.29, 1.82) is 0 Å². The molecule has 0 saturated heterocycles. The zero-order chi connectivity index (χ0) is 18.5. The van der Waals surface area contributed by atoms with Gasteiger partial charge in [0.25, 0.3) is 5.69 Å². The summed E-state index contributed by atoms with van der Waals surface area (Å²) in [5.74, 6) is 0.223. The average Bonchev–Trinajstić information content (AvgIpc) is 2.65. The summed E-state index contributed by atoms with van der Waals surface area (Å²) in [6.45, 7) is 0.600. The highest BCUT2D eigenvalue weighted by molar-refractivity contribution is 6.30. The van der Waals surface area contributed by atoms with E-state index in [1.807, 2.05) is 0 Å². The molecule has 0 unspecified atom stereocenters. The Labute approximate surface area is 153 Å². The number of nitro benzene ring substituents is 1. The maximum absolute atomic E-state index is 12.2. The molecule has 8 nitrogen and oxygen atoms in total. The number of halogens is 1. The van der Waals surface area contributed by atoms with Crippen LogP contribution in [0.5, 0.6) is 17.2 Å². The molecule has 0 aromatic heterocycles. The van der Waals surface area contributed by atoms with Crippen LogP contribution in [0.2, 0.25) is 5.02 Å². The molecular formula is C17H14ClNO7. The number of benzene rings is 2. The summed E-state index contributed by atoms with van der Waals surface area (Å²) < 4.78 is 21.1. The van der Waals surface area contributed by atoms with Crippen LogP contribution in [0, 0.1) is 10.1 Å². The fourth-order valence-corrected chi connectivity index (χ4v) is 2.42. The van der Waals surface area contributed by atoms with Gasteiger partial charge in [0, 0.05) is 11.1 Å². The summed E-state index contributed by atoms with van der Waals surface area (Å²) in [6.07, 6.45) is 0. The molecule has 1 aliphatic heterocycles. The van der Waals surface area contributed by atoms with Crippen LogP contribution in [0.3, 0.4) is 0 Å². The van der Waals surface area contributed by atoms with Crippen LogP contribution in [-0.2, 0) is 4.74 Å². The van der Waals surface area contributed by atoms with Crippen molar-refractivity contribution in [2.24, 2.45) is 0 Å². The third kappa shape index (κ3) is 4.15. The van der Waals surface area contributed by atoms with E-state index in [1.165, 1.54) is 6.07 Å². The number of nitrogens with zero attached hydrogens (tertiary/aromatic N) is 1. The minimum atomic E-state index is -0.839. The lowest BCUT2D eigenvalue weighted by Gasteiger charge is -2.18. The maximum atomic E-state index is 12.2. The van der Waals surface area contributed by atoms with Crippen molar-refractivity contribution in [3.8, 4) is 17.2 Å². The Balaban J connectivity index is 1.63. The highest BCUT2D eigenvalue weighted by Gasteiger charge is 2.27. The predicted molar refractivity (Wildman–Crippen MR) is 91.3 cm³/mol. The standard InChI is InChI=1S/C17H14ClNO7/c18-11-1-3-12(4-2-11)23-5-8-26-17(20)13-9-15-16(25-7-6-24-15)10-14(13)19(21)22/h1-4,9-10H,5-8H2. The summed E-state index contributed by atoms with van der Waals surface area (Å²) in [7, 11) is 0. The summed E-state index contributed by atoms with van der Waals surface area (Å²) in [5.41, 5.74) is -0.608. The highest BCUT2D eigenvalue weighted by Crippen LogP contribution is 2.36. The van der Waals surface area contributed by atoms with Crippen molar-refractivity contribution < 1.29 is 28.7 Å². The van der Waals surface area contributed by atoms with Crippen molar-refractivity contribution in [1.82, 2.24) is 0 Å². The highest BCUT2D eigenvalue weighted by atomic mass is 35.5. The SMILES string of the molecule is O=C(OCCOc1ccc(Cl)cc1)c1cc2c(cc1[N+](=O)[O-])OCCO2. The first-order chi connectivity index (χ1) is 12.5. The normalized spacial score (nSPS) is 12.3. The number of carbonyl (C=O) groups excluding carboxylic acids is 1. The Bertz CT molecular complexity index is 823. The van der Waals surface area contributed by atoms with Gasteiger partial charge in [-0.2, -0.15) is 0 Å². The Morgan fingerprint density at radius 2 is 1.77 bits per heavy atom. The van der Waals surface area contributed by atoms with Crippen LogP contribution >= 0.6 is 11.6 Å². The van der Waals surface area contributed by atoms with Gasteiger partial charge in [-0.15, -0.1) is 0 Å². The van der Waals surface area contributed by atoms with Gasteiger partial charge in [0.2, 0.25) is 0 Å². The van der Waals surface area contributed by atoms with Gasteiger partial charge >= 0.3 is 5.97 Å². The third-order valence-corrected chi connectivity index (χ3v) is 3.73.